The topological polar surface area (TPSA) is 57.8 Å². The van der Waals surface area contributed by atoms with E-state index in [0.717, 1.165) is 68.8 Å². The van der Waals surface area contributed by atoms with E-state index < -0.39 is 17.7 Å². The number of rotatable bonds is 7. The number of fused-ring (bicyclic) bond motifs is 1. The van der Waals surface area contributed by atoms with Gasteiger partial charge in [-0.15, -0.1) is 0 Å². The van der Waals surface area contributed by atoms with Crippen molar-refractivity contribution >= 4 is 39.7 Å². The maximum atomic E-state index is 14.1. The van der Waals surface area contributed by atoms with Gasteiger partial charge in [-0.05, 0) is 78.3 Å². The first kappa shape index (κ1) is 32.0. The Balaban J connectivity index is 1.22. The number of aromatic nitrogens is 1. The first-order chi connectivity index (χ1) is 21.9. The van der Waals surface area contributed by atoms with Crippen LogP contribution in [0.2, 0.25) is 5.02 Å². The van der Waals surface area contributed by atoms with Crippen LogP contribution in [0, 0.1) is 5.41 Å². The molecule has 6 nitrogen and oxygen atoms in total. The van der Waals surface area contributed by atoms with Gasteiger partial charge in [0.15, 0.2) is 0 Å². The van der Waals surface area contributed by atoms with Crippen molar-refractivity contribution in [3.8, 4) is 11.5 Å². The molecule has 1 aromatic heterocycles. The Morgan fingerprint density at radius 2 is 1.72 bits per heavy atom. The van der Waals surface area contributed by atoms with Crippen molar-refractivity contribution in [2.75, 3.05) is 44.7 Å². The lowest BCUT2D eigenvalue weighted by molar-refractivity contribution is -0.138. The summed E-state index contributed by atoms with van der Waals surface area (Å²) in [4.78, 5) is 20.1. The maximum absolute atomic E-state index is 14.1. The predicted octanol–water partition coefficient (Wildman–Crippen LogP) is 9.20. The number of methoxy groups -OCH3 is 1. The summed E-state index contributed by atoms with van der Waals surface area (Å²) in [6, 6.07) is 17.1. The van der Waals surface area contributed by atoms with E-state index >= 15 is 0 Å². The van der Waals surface area contributed by atoms with Crippen LogP contribution in [0.15, 0.2) is 72.4 Å². The second-order valence-corrected chi connectivity index (χ2v) is 13.3. The Labute approximate surface area is 271 Å². The summed E-state index contributed by atoms with van der Waals surface area (Å²) in [5, 5.41) is 1.29. The molecule has 1 fully saturated rings. The molecule has 1 aliphatic carbocycles. The lowest BCUT2D eigenvalue weighted by Crippen LogP contribution is -2.47. The third-order valence-electron chi connectivity index (χ3n) is 9.08. The number of H-pyrrole nitrogens is 1. The summed E-state index contributed by atoms with van der Waals surface area (Å²) >= 11 is 6.18. The Kier molecular flexibility index (Phi) is 8.83. The summed E-state index contributed by atoms with van der Waals surface area (Å²) in [5.74, 6) is -1.06. The highest BCUT2D eigenvalue weighted by Crippen LogP contribution is 2.44. The molecule has 0 atom stereocenters. The number of hydrogen-bond acceptors (Lipinski definition) is 5. The fourth-order valence-electron chi connectivity index (χ4n) is 6.47. The molecule has 1 N–H and O–H groups in total. The standard InChI is InChI=1S/C36H37ClF3N3O3/c1-35(2)12-10-25(29(21-35)23-4-6-26(37)7-5-23)22-42-14-16-43(17-15-42)27-8-9-28(34(44)45-3)32(19-27)46-33-18-24-11-13-41-31(24)20-30(33)36(38,39)40/h4-9,11,13,18-20,41H,10,12,14-17,21-22H2,1-3H3. The van der Waals surface area contributed by atoms with Crippen molar-refractivity contribution in [3.05, 3.63) is 94.1 Å². The maximum Gasteiger partial charge on any atom is 0.420 e. The van der Waals surface area contributed by atoms with Crippen molar-refractivity contribution in [2.45, 2.75) is 39.3 Å². The zero-order valence-electron chi connectivity index (χ0n) is 26.1. The van der Waals surface area contributed by atoms with Crippen molar-refractivity contribution in [2.24, 2.45) is 5.41 Å². The first-order valence-corrected chi connectivity index (χ1v) is 15.8. The number of alkyl halides is 3. The van der Waals surface area contributed by atoms with Gasteiger partial charge in [0.1, 0.15) is 22.6 Å². The highest BCUT2D eigenvalue weighted by molar-refractivity contribution is 6.30. The van der Waals surface area contributed by atoms with Crippen LogP contribution in [0.3, 0.4) is 0 Å². The Morgan fingerprint density at radius 3 is 2.41 bits per heavy atom. The van der Waals surface area contributed by atoms with Crippen molar-refractivity contribution in [1.82, 2.24) is 9.88 Å². The van der Waals surface area contributed by atoms with Gasteiger partial charge in [0.25, 0.3) is 0 Å². The molecule has 0 spiro atoms. The van der Waals surface area contributed by atoms with E-state index in [2.05, 4.69) is 40.8 Å². The second kappa shape index (κ2) is 12.7. The number of aromatic amines is 1. The molecule has 0 unspecified atom stereocenters. The van der Waals surface area contributed by atoms with Crippen LogP contribution in [-0.4, -0.2) is 55.7 Å². The monoisotopic (exact) mass is 651 g/mol. The van der Waals surface area contributed by atoms with Crippen LogP contribution >= 0.6 is 11.6 Å². The highest BCUT2D eigenvalue weighted by atomic mass is 35.5. The number of anilines is 1. The fraction of sp³-hybridized carbons (Fsp3) is 0.361. The van der Waals surface area contributed by atoms with E-state index in [1.807, 2.05) is 12.1 Å². The van der Waals surface area contributed by atoms with Gasteiger partial charge < -0.3 is 19.4 Å². The normalized spacial score (nSPS) is 17.4. The van der Waals surface area contributed by atoms with Gasteiger partial charge in [-0.25, -0.2) is 4.79 Å². The van der Waals surface area contributed by atoms with Gasteiger partial charge in [0.05, 0.1) is 7.11 Å². The SMILES string of the molecule is COC(=O)c1ccc(N2CCN(CC3=C(c4ccc(Cl)cc4)CC(C)(C)CC3)CC2)cc1Oc1cc2cc[nH]c2cc1C(F)(F)F. The molecule has 6 rings (SSSR count). The van der Waals surface area contributed by atoms with Gasteiger partial charge in [-0.3, -0.25) is 4.90 Å². The molecule has 3 aromatic carbocycles. The third-order valence-corrected chi connectivity index (χ3v) is 9.33. The van der Waals surface area contributed by atoms with E-state index in [1.54, 1.807) is 30.5 Å². The average molecular weight is 652 g/mol. The van der Waals surface area contributed by atoms with E-state index in [-0.39, 0.29) is 22.5 Å². The molecule has 1 aliphatic heterocycles. The Hall–Kier alpha value is -3.95. The largest absolute Gasteiger partial charge is 0.465 e. The zero-order chi connectivity index (χ0) is 32.6. The number of ether oxygens (including phenoxy) is 2. The molecule has 0 bridgehead atoms. The number of halogens is 4. The number of benzene rings is 3. The number of carbonyl (C=O) groups excluding carboxylic acids is 1. The molecule has 0 amide bonds. The van der Waals surface area contributed by atoms with Gasteiger partial charge in [0, 0.05) is 66.6 Å². The van der Waals surface area contributed by atoms with Crippen molar-refractivity contribution in [3.63, 3.8) is 0 Å². The fourth-order valence-corrected chi connectivity index (χ4v) is 6.60. The number of esters is 1. The zero-order valence-corrected chi connectivity index (χ0v) is 26.9. The van der Waals surface area contributed by atoms with E-state index in [1.165, 1.54) is 29.9 Å². The number of nitrogens with zero attached hydrogens (tertiary/aromatic N) is 2. The molecule has 0 saturated carbocycles. The van der Waals surface area contributed by atoms with Gasteiger partial charge in [0.2, 0.25) is 0 Å². The quantitative estimate of drug-likeness (QED) is 0.202. The number of carbonyl (C=O) groups is 1. The van der Waals surface area contributed by atoms with Crippen LogP contribution in [-0.2, 0) is 10.9 Å². The minimum absolute atomic E-state index is 0.00903. The molecule has 2 heterocycles. The number of allylic oxidation sites excluding steroid dienone is 1. The van der Waals surface area contributed by atoms with Crippen LogP contribution in [0.1, 0.15) is 54.6 Å². The van der Waals surface area contributed by atoms with Gasteiger partial charge >= 0.3 is 12.1 Å². The molecule has 0 radical (unpaired) electrons. The Morgan fingerprint density at radius 1 is 0.978 bits per heavy atom. The number of hydrogen-bond donors (Lipinski definition) is 1. The Bertz CT molecular complexity index is 1770. The summed E-state index contributed by atoms with van der Waals surface area (Å²) in [7, 11) is 1.23. The van der Waals surface area contributed by atoms with E-state index in [0.29, 0.717) is 10.9 Å². The first-order valence-electron chi connectivity index (χ1n) is 15.4. The minimum Gasteiger partial charge on any atom is -0.465 e. The molecule has 2 aliphatic rings. The summed E-state index contributed by atoms with van der Waals surface area (Å²) < 4.78 is 53.0. The van der Waals surface area contributed by atoms with Gasteiger partial charge in [-0.1, -0.05) is 43.2 Å². The van der Waals surface area contributed by atoms with E-state index in [4.69, 9.17) is 21.1 Å². The van der Waals surface area contributed by atoms with Crippen LogP contribution in [0.4, 0.5) is 18.9 Å². The lowest BCUT2D eigenvalue weighted by atomic mass is 9.72. The molecule has 4 aromatic rings. The molecule has 1 saturated heterocycles. The molecule has 46 heavy (non-hydrogen) atoms. The van der Waals surface area contributed by atoms with E-state index in [9.17, 15) is 18.0 Å². The second-order valence-electron chi connectivity index (χ2n) is 12.9. The van der Waals surface area contributed by atoms with Crippen molar-refractivity contribution in [1.29, 1.82) is 0 Å². The minimum atomic E-state index is -4.66. The van der Waals surface area contributed by atoms with Crippen molar-refractivity contribution < 1.29 is 27.4 Å². The summed E-state index contributed by atoms with van der Waals surface area (Å²) in [6.45, 7) is 8.61. The lowest BCUT2D eigenvalue weighted by Gasteiger charge is -2.39. The van der Waals surface area contributed by atoms with Crippen LogP contribution < -0.4 is 9.64 Å². The summed E-state index contributed by atoms with van der Waals surface area (Å²) in [6.07, 6.45) is 0.118. The smallest absolute Gasteiger partial charge is 0.420 e. The molecule has 242 valence electrons. The molecular weight excluding hydrogens is 615 g/mol. The number of nitrogens with one attached hydrogen (secondary N) is 1. The molecule has 10 heteroatoms. The summed E-state index contributed by atoms with van der Waals surface area (Å²) in [5.41, 5.74) is 4.56. The third kappa shape index (κ3) is 6.90. The molecular formula is C36H37ClF3N3O3. The predicted molar refractivity (Wildman–Crippen MR) is 176 cm³/mol. The average Bonchev–Trinajstić information content (AvgIpc) is 3.49. The number of piperazine rings is 1. The van der Waals surface area contributed by atoms with Crippen LogP contribution in [0.5, 0.6) is 11.5 Å². The van der Waals surface area contributed by atoms with Crippen LogP contribution in [0.25, 0.3) is 16.5 Å². The van der Waals surface area contributed by atoms with Gasteiger partial charge in [-0.2, -0.15) is 13.2 Å². The highest BCUT2D eigenvalue weighted by Gasteiger charge is 2.36.